The van der Waals surface area contributed by atoms with Gasteiger partial charge in [-0.2, -0.15) is 0 Å². The summed E-state index contributed by atoms with van der Waals surface area (Å²) in [5.41, 5.74) is 0. The second-order valence-corrected chi connectivity index (χ2v) is 5.58. The highest BCUT2D eigenvalue weighted by atomic mass is 16.5. The van der Waals surface area contributed by atoms with Crippen molar-refractivity contribution >= 4 is 0 Å². The Morgan fingerprint density at radius 1 is 0.579 bits per heavy atom. The van der Waals surface area contributed by atoms with Gasteiger partial charge < -0.3 is 9.84 Å². The monoisotopic (exact) mass is 272 g/mol. The molecule has 0 aliphatic carbocycles. The van der Waals surface area contributed by atoms with E-state index < -0.39 is 0 Å². The molecule has 0 aromatic heterocycles. The summed E-state index contributed by atoms with van der Waals surface area (Å²) in [6.45, 7) is 3.74. The van der Waals surface area contributed by atoms with Crippen LogP contribution in [0.1, 0.15) is 90.4 Å². The third-order valence-electron chi connectivity index (χ3n) is 3.63. The zero-order valence-corrected chi connectivity index (χ0v) is 13.2. The van der Waals surface area contributed by atoms with E-state index in [1.807, 2.05) is 0 Å². The molecule has 0 bridgehead atoms. The maximum Gasteiger partial charge on any atom is 0.0697 e. The van der Waals surface area contributed by atoms with E-state index in [4.69, 9.17) is 9.84 Å². The molecular formula is C17H36O2. The van der Waals surface area contributed by atoms with Crippen LogP contribution in [0.25, 0.3) is 0 Å². The lowest BCUT2D eigenvalue weighted by Crippen LogP contribution is -2.00. The first-order valence-corrected chi connectivity index (χ1v) is 8.60. The molecule has 0 aromatic carbocycles. The van der Waals surface area contributed by atoms with Crippen LogP contribution in [-0.2, 0) is 4.74 Å². The van der Waals surface area contributed by atoms with Crippen LogP contribution in [0.3, 0.4) is 0 Å². The van der Waals surface area contributed by atoms with Crippen molar-refractivity contribution in [1.82, 2.24) is 0 Å². The van der Waals surface area contributed by atoms with Crippen LogP contribution in [0.2, 0.25) is 0 Å². The molecule has 0 aromatic rings. The highest BCUT2D eigenvalue weighted by Gasteiger charge is 1.94. The molecule has 0 heterocycles. The van der Waals surface area contributed by atoms with Gasteiger partial charge in [-0.25, -0.2) is 0 Å². The summed E-state index contributed by atoms with van der Waals surface area (Å²) >= 11 is 0. The normalized spacial score (nSPS) is 11.1. The van der Waals surface area contributed by atoms with Gasteiger partial charge in [-0.05, 0) is 6.42 Å². The molecule has 0 amide bonds. The number of hydrogen-bond acceptors (Lipinski definition) is 2. The van der Waals surface area contributed by atoms with E-state index in [-0.39, 0.29) is 6.61 Å². The third kappa shape index (κ3) is 17.9. The summed E-state index contributed by atoms with van der Waals surface area (Å²) in [5, 5.41) is 8.55. The van der Waals surface area contributed by atoms with Crippen molar-refractivity contribution in [3.63, 3.8) is 0 Å². The van der Waals surface area contributed by atoms with Gasteiger partial charge in [0.05, 0.1) is 13.2 Å². The van der Waals surface area contributed by atoms with Crippen LogP contribution in [0.15, 0.2) is 0 Å². The van der Waals surface area contributed by atoms with E-state index in [0.717, 1.165) is 13.0 Å². The fourth-order valence-corrected chi connectivity index (χ4v) is 2.39. The Balaban J connectivity index is 2.88. The van der Waals surface area contributed by atoms with Crippen molar-refractivity contribution < 1.29 is 9.84 Å². The van der Waals surface area contributed by atoms with Crippen LogP contribution >= 0.6 is 0 Å². The van der Waals surface area contributed by atoms with Crippen LogP contribution < -0.4 is 0 Å². The van der Waals surface area contributed by atoms with Gasteiger partial charge in [0.25, 0.3) is 0 Å². The molecule has 19 heavy (non-hydrogen) atoms. The molecule has 0 atom stereocenters. The van der Waals surface area contributed by atoms with Gasteiger partial charge in [0, 0.05) is 6.61 Å². The summed E-state index contributed by atoms with van der Waals surface area (Å²) in [5.74, 6) is 0. The first-order valence-electron chi connectivity index (χ1n) is 8.60. The van der Waals surface area contributed by atoms with Gasteiger partial charge in [-0.1, -0.05) is 84.0 Å². The average Bonchev–Trinajstić information content (AvgIpc) is 2.43. The van der Waals surface area contributed by atoms with Gasteiger partial charge in [0.1, 0.15) is 0 Å². The lowest BCUT2D eigenvalue weighted by Gasteiger charge is -2.03. The third-order valence-corrected chi connectivity index (χ3v) is 3.63. The van der Waals surface area contributed by atoms with Crippen LogP contribution in [0.4, 0.5) is 0 Å². The molecule has 0 saturated carbocycles. The highest BCUT2D eigenvalue weighted by Crippen LogP contribution is 2.12. The van der Waals surface area contributed by atoms with Crippen molar-refractivity contribution in [2.75, 3.05) is 19.8 Å². The van der Waals surface area contributed by atoms with Crippen molar-refractivity contribution in [2.45, 2.75) is 90.4 Å². The predicted molar refractivity (Wildman–Crippen MR) is 83.6 cm³/mol. The first-order chi connectivity index (χ1) is 9.41. The minimum atomic E-state index is 0.151. The molecule has 2 heteroatoms. The maximum absolute atomic E-state index is 8.55. The Morgan fingerprint density at radius 3 is 1.42 bits per heavy atom. The van der Waals surface area contributed by atoms with Gasteiger partial charge in [-0.15, -0.1) is 0 Å². The minimum Gasteiger partial charge on any atom is -0.394 e. The first kappa shape index (κ1) is 18.9. The van der Waals surface area contributed by atoms with Crippen molar-refractivity contribution in [1.29, 1.82) is 0 Å². The minimum absolute atomic E-state index is 0.151. The number of aliphatic hydroxyl groups is 1. The van der Waals surface area contributed by atoms with Crippen LogP contribution in [0.5, 0.6) is 0 Å². The second kappa shape index (κ2) is 17.9. The predicted octanol–water partition coefficient (Wildman–Crippen LogP) is 5.09. The number of rotatable bonds is 16. The van der Waals surface area contributed by atoms with Gasteiger partial charge in [0.15, 0.2) is 0 Å². The molecule has 2 nitrogen and oxygen atoms in total. The zero-order chi connectivity index (χ0) is 14.0. The zero-order valence-electron chi connectivity index (χ0n) is 13.2. The largest absolute Gasteiger partial charge is 0.394 e. The highest BCUT2D eigenvalue weighted by molar-refractivity contribution is 4.48. The van der Waals surface area contributed by atoms with E-state index in [2.05, 4.69) is 6.92 Å². The lowest BCUT2D eigenvalue weighted by atomic mass is 10.0. The molecule has 0 radical (unpaired) electrons. The number of aliphatic hydroxyl groups excluding tert-OH is 1. The van der Waals surface area contributed by atoms with Crippen molar-refractivity contribution in [3.05, 3.63) is 0 Å². The quantitative estimate of drug-likeness (QED) is 0.397. The number of unbranched alkanes of at least 4 members (excludes halogenated alkanes) is 12. The number of ether oxygens (including phenoxy) is 1. The second-order valence-electron chi connectivity index (χ2n) is 5.58. The molecule has 0 saturated heterocycles. The fourth-order valence-electron chi connectivity index (χ4n) is 2.39. The molecule has 116 valence electrons. The van der Waals surface area contributed by atoms with E-state index >= 15 is 0 Å². The molecule has 0 unspecified atom stereocenters. The van der Waals surface area contributed by atoms with E-state index in [1.165, 1.54) is 77.0 Å². The molecular weight excluding hydrogens is 236 g/mol. The maximum atomic E-state index is 8.55. The Labute approximate surface area is 120 Å². The standard InChI is InChI=1S/C17H36O2/c1-2-3-4-5-6-7-8-9-10-11-12-13-14-16-19-17-15-18/h18H,2-17H2,1H3. The van der Waals surface area contributed by atoms with Crippen LogP contribution in [-0.4, -0.2) is 24.9 Å². The van der Waals surface area contributed by atoms with Gasteiger partial charge >= 0.3 is 0 Å². The molecule has 0 spiro atoms. The lowest BCUT2D eigenvalue weighted by molar-refractivity contribution is 0.0895. The van der Waals surface area contributed by atoms with Crippen molar-refractivity contribution in [2.24, 2.45) is 0 Å². The Morgan fingerprint density at radius 2 is 1.00 bits per heavy atom. The summed E-state index contributed by atoms with van der Waals surface area (Å²) < 4.78 is 5.23. The molecule has 0 rings (SSSR count). The van der Waals surface area contributed by atoms with Gasteiger partial charge in [0.2, 0.25) is 0 Å². The van der Waals surface area contributed by atoms with E-state index in [9.17, 15) is 0 Å². The summed E-state index contributed by atoms with van der Waals surface area (Å²) in [6.07, 6.45) is 18.0. The summed E-state index contributed by atoms with van der Waals surface area (Å²) in [4.78, 5) is 0. The Hall–Kier alpha value is -0.0800. The van der Waals surface area contributed by atoms with Crippen LogP contribution in [0, 0.1) is 0 Å². The van der Waals surface area contributed by atoms with E-state index in [0.29, 0.717) is 6.61 Å². The topological polar surface area (TPSA) is 29.5 Å². The van der Waals surface area contributed by atoms with Crippen molar-refractivity contribution in [3.8, 4) is 0 Å². The average molecular weight is 272 g/mol. The Bertz CT molecular complexity index is 132. The van der Waals surface area contributed by atoms with Gasteiger partial charge in [-0.3, -0.25) is 0 Å². The number of hydrogen-bond donors (Lipinski definition) is 1. The molecule has 0 fully saturated rings. The summed E-state index contributed by atoms with van der Waals surface area (Å²) in [6, 6.07) is 0. The smallest absolute Gasteiger partial charge is 0.0697 e. The summed E-state index contributed by atoms with van der Waals surface area (Å²) in [7, 11) is 0. The fraction of sp³-hybridized carbons (Fsp3) is 1.00. The van der Waals surface area contributed by atoms with E-state index in [1.54, 1.807) is 0 Å². The Kier molecular flexibility index (Phi) is 17.8. The molecule has 1 N–H and O–H groups in total. The molecule has 0 aliphatic heterocycles. The molecule has 0 aliphatic rings. The SMILES string of the molecule is CCCCCCCCCCCCCCCOCCO.